The number of urea groups is 1. The molecule has 0 radical (unpaired) electrons. The number of carbonyl (C=O) groups is 1. The molecule has 0 fully saturated rings. The van der Waals surface area contributed by atoms with E-state index in [4.69, 9.17) is 4.74 Å². The Morgan fingerprint density at radius 3 is 2.84 bits per heavy atom. The van der Waals surface area contributed by atoms with Gasteiger partial charge in [0.2, 0.25) is 11.8 Å². The zero-order valence-corrected chi connectivity index (χ0v) is 10.5. The number of imidazole rings is 1. The second-order valence-electron chi connectivity index (χ2n) is 3.84. The summed E-state index contributed by atoms with van der Waals surface area (Å²) in [6, 6.07) is 6.51. The molecule has 0 bridgehead atoms. The summed E-state index contributed by atoms with van der Waals surface area (Å²) in [6.45, 7) is 0. The number of aromatic hydroxyl groups is 1. The number of hydrogen-bond donors (Lipinski definition) is 3. The number of anilines is 2. The molecule has 100 valence electrons. The van der Waals surface area contributed by atoms with Gasteiger partial charge in [-0.05, 0) is 12.1 Å². The van der Waals surface area contributed by atoms with Crippen LogP contribution in [-0.2, 0) is 7.05 Å². The first-order valence-electron chi connectivity index (χ1n) is 5.53. The van der Waals surface area contributed by atoms with Gasteiger partial charge in [0.15, 0.2) is 0 Å². The lowest BCUT2D eigenvalue weighted by Gasteiger charge is -2.08. The quantitative estimate of drug-likeness (QED) is 0.786. The van der Waals surface area contributed by atoms with E-state index in [0.29, 0.717) is 11.4 Å². The Morgan fingerprint density at radius 1 is 1.42 bits per heavy atom. The van der Waals surface area contributed by atoms with Gasteiger partial charge in [0.1, 0.15) is 5.75 Å². The maximum atomic E-state index is 11.7. The summed E-state index contributed by atoms with van der Waals surface area (Å²) in [6.07, 6.45) is 1.39. The van der Waals surface area contributed by atoms with E-state index in [1.54, 1.807) is 38.4 Å². The molecule has 0 unspecified atom stereocenters. The van der Waals surface area contributed by atoms with Crippen molar-refractivity contribution < 1.29 is 14.6 Å². The first-order valence-corrected chi connectivity index (χ1v) is 5.53. The Hall–Kier alpha value is -2.70. The number of nitrogens with zero attached hydrogens (tertiary/aromatic N) is 2. The van der Waals surface area contributed by atoms with E-state index in [9.17, 15) is 9.90 Å². The van der Waals surface area contributed by atoms with Crippen molar-refractivity contribution in [3.63, 3.8) is 0 Å². The van der Waals surface area contributed by atoms with E-state index in [0.717, 1.165) is 0 Å². The van der Waals surface area contributed by atoms with Gasteiger partial charge in [0, 0.05) is 18.8 Å². The monoisotopic (exact) mass is 262 g/mol. The molecule has 2 aromatic rings. The van der Waals surface area contributed by atoms with E-state index in [1.165, 1.54) is 10.8 Å². The number of benzene rings is 1. The fourth-order valence-corrected chi connectivity index (χ4v) is 1.53. The van der Waals surface area contributed by atoms with Crippen LogP contribution in [0.5, 0.6) is 11.6 Å². The third-order valence-corrected chi connectivity index (χ3v) is 2.42. The molecule has 0 saturated heterocycles. The van der Waals surface area contributed by atoms with Crippen LogP contribution in [0.25, 0.3) is 0 Å². The molecule has 1 heterocycles. The Labute approximate surface area is 109 Å². The summed E-state index contributed by atoms with van der Waals surface area (Å²) in [5.74, 6) is 0.740. The lowest BCUT2D eigenvalue weighted by molar-refractivity contribution is 0.262. The molecule has 1 aromatic carbocycles. The number of aryl methyl sites for hydroxylation is 1. The van der Waals surface area contributed by atoms with Crippen molar-refractivity contribution in [3.8, 4) is 11.6 Å². The van der Waals surface area contributed by atoms with Crippen LogP contribution in [-0.4, -0.2) is 27.8 Å². The van der Waals surface area contributed by atoms with Crippen molar-refractivity contribution in [1.82, 2.24) is 9.55 Å². The van der Waals surface area contributed by atoms with Gasteiger partial charge in [-0.2, -0.15) is 4.98 Å². The highest BCUT2D eigenvalue weighted by atomic mass is 16.5. The lowest BCUT2D eigenvalue weighted by atomic mass is 10.3. The first-order chi connectivity index (χ1) is 9.08. The summed E-state index contributed by atoms with van der Waals surface area (Å²) in [7, 11) is 3.21. The fourth-order valence-electron chi connectivity index (χ4n) is 1.53. The lowest BCUT2D eigenvalue weighted by Crippen LogP contribution is -2.21. The molecule has 0 atom stereocenters. The zero-order chi connectivity index (χ0) is 13.8. The third kappa shape index (κ3) is 3.15. The molecule has 7 nitrogen and oxygen atoms in total. The minimum atomic E-state index is -0.457. The Kier molecular flexibility index (Phi) is 3.56. The highest BCUT2D eigenvalue weighted by molar-refractivity contribution is 5.98. The number of rotatable bonds is 3. The summed E-state index contributed by atoms with van der Waals surface area (Å²) < 4.78 is 6.56. The van der Waals surface area contributed by atoms with Gasteiger partial charge in [0.25, 0.3) is 0 Å². The summed E-state index contributed by atoms with van der Waals surface area (Å²) in [5.41, 5.74) is 0.593. The van der Waals surface area contributed by atoms with Gasteiger partial charge in [0.05, 0.1) is 13.3 Å². The van der Waals surface area contributed by atoms with Crippen LogP contribution in [0, 0.1) is 0 Å². The van der Waals surface area contributed by atoms with Gasteiger partial charge >= 0.3 is 6.03 Å². The molecule has 0 aliphatic heterocycles. The van der Waals surface area contributed by atoms with E-state index in [1.807, 2.05) is 0 Å². The standard InChI is InChI=1S/C12H14N4O3/c1-16-7-10(17)14-11(16)15-12(18)13-8-4-3-5-9(6-8)19-2/h3-7,17H,1-2H3,(H2,13,14,15,18). The molecule has 19 heavy (non-hydrogen) atoms. The van der Waals surface area contributed by atoms with Crippen LogP contribution in [0.2, 0.25) is 0 Å². The zero-order valence-electron chi connectivity index (χ0n) is 10.5. The molecule has 7 heteroatoms. The van der Waals surface area contributed by atoms with Crippen molar-refractivity contribution in [2.45, 2.75) is 0 Å². The minimum Gasteiger partial charge on any atom is -0.497 e. The molecule has 0 aliphatic rings. The maximum absolute atomic E-state index is 11.7. The van der Waals surface area contributed by atoms with E-state index < -0.39 is 6.03 Å². The number of carbonyl (C=O) groups excluding carboxylic acids is 1. The molecule has 0 aliphatic carbocycles. The molecule has 3 N–H and O–H groups in total. The predicted octanol–water partition coefficient (Wildman–Crippen LogP) is 1.78. The summed E-state index contributed by atoms with van der Waals surface area (Å²) >= 11 is 0. The summed E-state index contributed by atoms with van der Waals surface area (Å²) in [5, 5.41) is 14.3. The van der Waals surface area contributed by atoms with Crippen LogP contribution in [0.15, 0.2) is 30.5 Å². The SMILES string of the molecule is COc1cccc(NC(=O)Nc2nc(O)cn2C)c1. The Balaban J connectivity index is 2.03. The van der Waals surface area contributed by atoms with Crippen LogP contribution < -0.4 is 15.4 Å². The van der Waals surface area contributed by atoms with Gasteiger partial charge in [-0.25, -0.2) is 4.79 Å². The van der Waals surface area contributed by atoms with Crippen LogP contribution >= 0.6 is 0 Å². The average Bonchev–Trinajstić information content (AvgIpc) is 2.68. The Morgan fingerprint density at radius 2 is 2.21 bits per heavy atom. The number of amides is 2. The third-order valence-electron chi connectivity index (χ3n) is 2.42. The number of nitrogens with one attached hydrogen (secondary N) is 2. The van der Waals surface area contributed by atoms with Gasteiger partial charge in [-0.15, -0.1) is 0 Å². The number of hydrogen-bond acceptors (Lipinski definition) is 4. The average molecular weight is 262 g/mol. The van der Waals surface area contributed by atoms with Crippen LogP contribution in [0.4, 0.5) is 16.4 Å². The molecule has 0 spiro atoms. The van der Waals surface area contributed by atoms with Crippen molar-refractivity contribution in [3.05, 3.63) is 30.5 Å². The number of aromatic nitrogens is 2. The van der Waals surface area contributed by atoms with E-state index in [2.05, 4.69) is 15.6 Å². The largest absolute Gasteiger partial charge is 0.497 e. The second-order valence-corrected chi connectivity index (χ2v) is 3.84. The number of ether oxygens (including phenoxy) is 1. The Bertz CT molecular complexity index is 594. The molecule has 2 rings (SSSR count). The van der Waals surface area contributed by atoms with Gasteiger partial charge in [-0.3, -0.25) is 5.32 Å². The van der Waals surface area contributed by atoms with Crippen molar-refractivity contribution in [2.75, 3.05) is 17.7 Å². The van der Waals surface area contributed by atoms with Crippen molar-refractivity contribution in [1.29, 1.82) is 0 Å². The van der Waals surface area contributed by atoms with Crippen molar-refractivity contribution in [2.24, 2.45) is 7.05 Å². The normalized spacial score (nSPS) is 10.0. The molecule has 0 saturated carbocycles. The van der Waals surface area contributed by atoms with E-state index >= 15 is 0 Å². The summed E-state index contributed by atoms with van der Waals surface area (Å²) in [4.78, 5) is 15.5. The molecular weight excluding hydrogens is 248 g/mol. The fraction of sp³-hybridized carbons (Fsp3) is 0.167. The minimum absolute atomic E-state index is 0.154. The van der Waals surface area contributed by atoms with Crippen LogP contribution in [0.1, 0.15) is 0 Å². The van der Waals surface area contributed by atoms with E-state index in [-0.39, 0.29) is 11.8 Å². The smallest absolute Gasteiger partial charge is 0.326 e. The maximum Gasteiger partial charge on any atom is 0.326 e. The van der Waals surface area contributed by atoms with Crippen LogP contribution in [0.3, 0.4) is 0 Å². The highest BCUT2D eigenvalue weighted by Gasteiger charge is 2.08. The van der Waals surface area contributed by atoms with Crippen molar-refractivity contribution >= 4 is 17.7 Å². The van der Waals surface area contributed by atoms with Gasteiger partial charge < -0.3 is 19.7 Å². The predicted molar refractivity (Wildman–Crippen MR) is 70.5 cm³/mol. The topological polar surface area (TPSA) is 88.4 Å². The highest BCUT2D eigenvalue weighted by Crippen LogP contribution is 2.17. The number of methoxy groups -OCH3 is 1. The van der Waals surface area contributed by atoms with Gasteiger partial charge in [-0.1, -0.05) is 6.07 Å². The molecular formula is C12H14N4O3. The molecule has 2 amide bonds. The molecule has 1 aromatic heterocycles. The first kappa shape index (κ1) is 12.7. The second kappa shape index (κ2) is 5.30.